The molecular formula is C14H19ClO2S. The summed E-state index contributed by atoms with van der Waals surface area (Å²) in [5.74, 6) is 1.32. The van der Waals surface area contributed by atoms with Crippen LogP contribution in [0.25, 0.3) is 0 Å². The standard InChI is InChI=1S/C14H19ClO2S/c1-11(13-3-2-4-14(15)9-13)18(16)10-12-5-7-17-8-6-12/h2-4,9,11-12H,5-8,10H2,1H3/t11-,18+/m1/s1. The Morgan fingerprint density at radius 3 is 2.83 bits per heavy atom. The lowest BCUT2D eigenvalue weighted by Crippen LogP contribution is -2.22. The summed E-state index contributed by atoms with van der Waals surface area (Å²) in [5, 5.41) is 0.758. The van der Waals surface area contributed by atoms with Crippen LogP contribution in [0, 0.1) is 5.92 Å². The molecule has 2 rings (SSSR count). The molecule has 100 valence electrons. The van der Waals surface area contributed by atoms with Crippen molar-refractivity contribution in [3.8, 4) is 0 Å². The van der Waals surface area contributed by atoms with Crippen LogP contribution in [0.1, 0.15) is 30.6 Å². The second-order valence-electron chi connectivity index (χ2n) is 4.80. The molecule has 2 nitrogen and oxygen atoms in total. The molecule has 2 atom stereocenters. The second kappa shape index (κ2) is 6.69. The maximum Gasteiger partial charge on any atom is 0.0569 e. The highest BCUT2D eigenvalue weighted by atomic mass is 35.5. The quantitative estimate of drug-likeness (QED) is 0.846. The molecule has 0 spiro atoms. The fraction of sp³-hybridized carbons (Fsp3) is 0.571. The van der Waals surface area contributed by atoms with Crippen LogP contribution in [-0.2, 0) is 15.5 Å². The van der Waals surface area contributed by atoms with Crippen LogP contribution >= 0.6 is 11.6 Å². The van der Waals surface area contributed by atoms with Gasteiger partial charge in [0.05, 0.1) is 5.25 Å². The minimum atomic E-state index is -0.836. The Labute approximate surface area is 116 Å². The zero-order valence-electron chi connectivity index (χ0n) is 10.6. The van der Waals surface area contributed by atoms with Gasteiger partial charge in [0.1, 0.15) is 0 Å². The first-order valence-corrected chi connectivity index (χ1v) is 8.13. The Morgan fingerprint density at radius 2 is 2.17 bits per heavy atom. The van der Waals surface area contributed by atoms with E-state index in [-0.39, 0.29) is 5.25 Å². The number of benzene rings is 1. The summed E-state index contributed by atoms with van der Waals surface area (Å²) in [6.45, 7) is 3.64. The van der Waals surface area contributed by atoms with Crippen LogP contribution in [0.4, 0.5) is 0 Å². The van der Waals surface area contributed by atoms with Crippen molar-refractivity contribution in [3.63, 3.8) is 0 Å². The van der Waals surface area contributed by atoms with Gasteiger partial charge in [-0.3, -0.25) is 4.21 Å². The first kappa shape index (κ1) is 14.0. The van der Waals surface area contributed by atoms with Gasteiger partial charge in [0.25, 0.3) is 0 Å². The molecule has 4 heteroatoms. The Hall–Kier alpha value is -0.380. The molecule has 0 aromatic heterocycles. The van der Waals surface area contributed by atoms with Crippen LogP contribution in [0.15, 0.2) is 24.3 Å². The fourth-order valence-corrected chi connectivity index (χ4v) is 3.94. The fourth-order valence-electron chi connectivity index (χ4n) is 2.20. The van der Waals surface area contributed by atoms with Gasteiger partial charge in [-0.1, -0.05) is 23.7 Å². The summed E-state index contributed by atoms with van der Waals surface area (Å²) in [7, 11) is -0.836. The number of rotatable bonds is 4. The van der Waals surface area contributed by atoms with E-state index in [9.17, 15) is 4.21 Å². The van der Waals surface area contributed by atoms with Gasteiger partial charge in [-0.25, -0.2) is 0 Å². The molecule has 1 aromatic carbocycles. The van der Waals surface area contributed by atoms with E-state index >= 15 is 0 Å². The summed E-state index contributed by atoms with van der Waals surface area (Å²) in [6.07, 6.45) is 2.07. The zero-order chi connectivity index (χ0) is 13.0. The van der Waals surface area contributed by atoms with E-state index in [1.807, 2.05) is 31.2 Å². The van der Waals surface area contributed by atoms with Crippen molar-refractivity contribution in [1.29, 1.82) is 0 Å². The lowest BCUT2D eigenvalue weighted by molar-refractivity contribution is 0.0725. The Bertz CT molecular complexity index is 416. The van der Waals surface area contributed by atoms with Crippen molar-refractivity contribution in [2.75, 3.05) is 19.0 Å². The average molecular weight is 287 g/mol. The largest absolute Gasteiger partial charge is 0.381 e. The number of hydrogen-bond donors (Lipinski definition) is 0. The van der Waals surface area contributed by atoms with E-state index in [1.165, 1.54) is 0 Å². The smallest absolute Gasteiger partial charge is 0.0569 e. The summed E-state index contributed by atoms with van der Waals surface area (Å²) >= 11 is 5.97. The summed E-state index contributed by atoms with van der Waals surface area (Å²) in [5.41, 5.74) is 1.06. The lowest BCUT2D eigenvalue weighted by Gasteiger charge is -2.23. The van der Waals surface area contributed by atoms with Gasteiger partial charge >= 0.3 is 0 Å². The normalized spacial score (nSPS) is 20.6. The summed E-state index contributed by atoms with van der Waals surface area (Å²) in [6, 6.07) is 7.67. The van der Waals surface area contributed by atoms with E-state index in [1.54, 1.807) is 0 Å². The number of ether oxygens (including phenoxy) is 1. The van der Waals surface area contributed by atoms with Crippen LogP contribution in [0.3, 0.4) is 0 Å². The number of hydrogen-bond acceptors (Lipinski definition) is 2. The predicted molar refractivity (Wildman–Crippen MR) is 76.4 cm³/mol. The van der Waals surface area contributed by atoms with Gasteiger partial charge in [0.15, 0.2) is 0 Å². The molecule has 1 aliphatic rings. The zero-order valence-corrected chi connectivity index (χ0v) is 12.2. The van der Waals surface area contributed by atoms with Gasteiger partial charge < -0.3 is 4.74 Å². The van der Waals surface area contributed by atoms with Crippen molar-refractivity contribution in [3.05, 3.63) is 34.9 Å². The molecule has 1 saturated heterocycles. The topological polar surface area (TPSA) is 26.3 Å². The highest BCUT2D eigenvalue weighted by Crippen LogP contribution is 2.25. The molecule has 1 aromatic rings. The molecule has 1 aliphatic heterocycles. The third-order valence-corrected chi connectivity index (χ3v) is 5.55. The maximum absolute atomic E-state index is 12.4. The van der Waals surface area contributed by atoms with E-state index in [0.29, 0.717) is 10.9 Å². The minimum Gasteiger partial charge on any atom is -0.381 e. The van der Waals surface area contributed by atoms with Crippen molar-refractivity contribution >= 4 is 22.4 Å². The monoisotopic (exact) mass is 286 g/mol. The van der Waals surface area contributed by atoms with E-state index in [2.05, 4.69) is 0 Å². The van der Waals surface area contributed by atoms with Gasteiger partial charge in [-0.2, -0.15) is 0 Å². The average Bonchev–Trinajstić information content (AvgIpc) is 2.39. The van der Waals surface area contributed by atoms with E-state index in [4.69, 9.17) is 16.3 Å². The van der Waals surface area contributed by atoms with Crippen LogP contribution in [0.2, 0.25) is 5.02 Å². The second-order valence-corrected chi connectivity index (χ2v) is 7.04. The molecule has 0 N–H and O–H groups in total. The molecule has 1 heterocycles. The molecule has 0 amide bonds. The van der Waals surface area contributed by atoms with E-state index < -0.39 is 10.8 Å². The van der Waals surface area contributed by atoms with Crippen molar-refractivity contribution < 1.29 is 8.95 Å². The highest BCUT2D eigenvalue weighted by Gasteiger charge is 2.21. The summed E-state index contributed by atoms with van der Waals surface area (Å²) in [4.78, 5) is 0. The first-order chi connectivity index (χ1) is 8.66. The molecule has 0 aliphatic carbocycles. The van der Waals surface area contributed by atoms with Crippen LogP contribution in [-0.4, -0.2) is 23.2 Å². The summed E-state index contributed by atoms with van der Waals surface area (Å²) < 4.78 is 17.7. The molecule has 0 saturated carbocycles. The van der Waals surface area contributed by atoms with Crippen LogP contribution in [0.5, 0.6) is 0 Å². The lowest BCUT2D eigenvalue weighted by atomic mass is 10.0. The minimum absolute atomic E-state index is 0.0477. The third-order valence-electron chi connectivity index (χ3n) is 3.45. The van der Waals surface area contributed by atoms with Crippen molar-refractivity contribution in [1.82, 2.24) is 0 Å². The Balaban J connectivity index is 1.95. The van der Waals surface area contributed by atoms with Gasteiger partial charge in [0, 0.05) is 34.8 Å². The van der Waals surface area contributed by atoms with Crippen LogP contribution < -0.4 is 0 Å². The molecule has 0 radical (unpaired) electrons. The third kappa shape index (κ3) is 3.81. The molecule has 18 heavy (non-hydrogen) atoms. The molecular weight excluding hydrogens is 268 g/mol. The maximum atomic E-state index is 12.4. The van der Waals surface area contributed by atoms with Crippen molar-refractivity contribution in [2.45, 2.75) is 25.0 Å². The highest BCUT2D eigenvalue weighted by molar-refractivity contribution is 7.85. The number of halogens is 1. The SMILES string of the molecule is C[C@H](c1cccc(Cl)c1)[S@@](=O)CC1CCOCC1. The predicted octanol–water partition coefficient (Wildman–Crippen LogP) is 3.58. The van der Waals surface area contributed by atoms with Gasteiger partial charge in [-0.05, 0) is 43.4 Å². The first-order valence-electron chi connectivity index (χ1n) is 6.37. The Kier molecular flexibility index (Phi) is 5.22. The van der Waals surface area contributed by atoms with E-state index in [0.717, 1.165) is 37.4 Å². The molecule has 0 bridgehead atoms. The molecule has 0 unspecified atom stereocenters. The van der Waals surface area contributed by atoms with Gasteiger partial charge in [0.2, 0.25) is 0 Å². The van der Waals surface area contributed by atoms with Crippen molar-refractivity contribution in [2.24, 2.45) is 5.92 Å². The molecule has 1 fully saturated rings. The van der Waals surface area contributed by atoms with Gasteiger partial charge in [-0.15, -0.1) is 0 Å². The Morgan fingerprint density at radius 1 is 1.44 bits per heavy atom.